The van der Waals surface area contributed by atoms with Crippen LogP contribution in [0.1, 0.15) is 0 Å². The molecule has 5 aromatic carbocycles. The van der Waals surface area contributed by atoms with Crippen molar-refractivity contribution in [3.8, 4) is 44.5 Å². The summed E-state index contributed by atoms with van der Waals surface area (Å²) in [4.78, 5) is 13.4. The van der Waals surface area contributed by atoms with E-state index in [1.807, 2.05) is 55.4 Å². The Morgan fingerprint density at radius 2 is 0.675 bits per heavy atom. The Bertz CT molecular complexity index is 1820. The third-order valence-corrected chi connectivity index (χ3v) is 7.90. The van der Waals surface area contributed by atoms with Crippen LogP contribution in [0.15, 0.2) is 140 Å². The lowest BCUT2D eigenvalue weighted by Crippen LogP contribution is -1.94. The molecular weight excluding hydrogens is 486 g/mol. The number of pyridine rings is 3. The average molecular weight is 510 g/mol. The van der Waals surface area contributed by atoms with E-state index in [9.17, 15) is 0 Å². The van der Waals surface area contributed by atoms with Gasteiger partial charge in [0.15, 0.2) is 0 Å². The van der Waals surface area contributed by atoms with Gasteiger partial charge in [-0.25, -0.2) is 0 Å². The van der Waals surface area contributed by atoms with Crippen LogP contribution in [0.5, 0.6) is 0 Å². The van der Waals surface area contributed by atoms with E-state index in [0.29, 0.717) is 0 Å². The molecule has 8 rings (SSSR count). The Kier molecular flexibility index (Phi) is 5.14. The highest BCUT2D eigenvalue weighted by Gasteiger charge is 2.20. The van der Waals surface area contributed by atoms with Crippen molar-refractivity contribution in [2.24, 2.45) is 0 Å². The topological polar surface area (TPSA) is 38.7 Å². The minimum absolute atomic E-state index is 1.10. The van der Waals surface area contributed by atoms with E-state index >= 15 is 0 Å². The summed E-state index contributed by atoms with van der Waals surface area (Å²) >= 11 is 0. The van der Waals surface area contributed by atoms with Crippen molar-refractivity contribution in [1.29, 1.82) is 0 Å². The van der Waals surface area contributed by atoms with E-state index in [4.69, 9.17) is 0 Å². The molecule has 0 radical (unpaired) electrons. The molecule has 0 bridgehead atoms. The largest absolute Gasteiger partial charge is 0.264 e. The molecule has 0 aliphatic rings. The van der Waals surface area contributed by atoms with Gasteiger partial charge in [0, 0.05) is 53.9 Å². The summed E-state index contributed by atoms with van der Waals surface area (Å²) in [6.07, 6.45) is 11.4. The minimum Gasteiger partial charge on any atom is -0.264 e. The summed E-state index contributed by atoms with van der Waals surface area (Å²) < 4.78 is 0. The monoisotopic (exact) mass is 509 g/mol. The van der Waals surface area contributed by atoms with Crippen molar-refractivity contribution >= 4 is 32.3 Å². The van der Waals surface area contributed by atoms with Crippen LogP contribution in [0.2, 0.25) is 0 Å². The van der Waals surface area contributed by atoms with Gasteiger partial charge in [-0.05, 0) is 90.5 Å². The molecule has 0 atom stereocenters. The number of hydrogen-bond donors (Lipinski definition) is 0. The van der Waals surface area contributed by atoms with Gasteiger partial charge in [-0.1, -0.05) is 72.8 Å². The molecule has 0 aliphatic carbocycles. The molecule has 40 heavy (non-hydrogen) atoms. The zero-order valence-electron chi connectivity index (χ0n) is 21.6. The molecule has 3 aromatic heterocycles. The summed E-state index contributed by atoms with van der Waals surface area (Å²) in [5.41, 5.74) is 9.24. The normalized spacial score (nSPS) is 11.5. The van der Waals surface area contributed by atoms with Crippen molar-refractivity contribution in [3.05, 3.63) is 140 Å². The van der Waals surface area contributed by atoms with Gasteiger partial charge >= 0.3 is 0 Å². The second kappa shape index (κ2) is 9.11. The lowest BCUT2D eigenvalue weighted by atomic mass is 9.82. The average Bonchev–Trinajstić information content (AvgIpc) is 3.04. The first-order chi connectivity index (χ1) is 19.9. The first-order valence-corrected chi connectivity index (χ1v) is 13.4. The molecule has 186 valence electrons. The second-order valence-electron chi connectivity index (χ2n) is 10.1. The second-order valence-corrected chi connectivity index (χ2v) is 10.1. The lowest BCUT2D eigenvalue weighted by Gasteiger charge is -2.21. The predicted octanol–water partition coefficient (Wildman–Crippen LogP) is 9.44. The number of aromatic nitrogens is 3. The maximum atomic E-state index is 4.47. The summed E-state index contributed by atoms with van der Waals surface area (Å²) in [5.74, 6) is 0. The van der Waals surface area contributed by atoms with Crippen LogP contribution < -0.4 is 0 Å². The molecule has 0 aliphatic heterocycles. The van der Waals surface area contributed by atoms with Gasteiger partial charge in [-0.15, -0.1) is 0 Å². The molecule has 3 heteroatoms. The Morgan fingerprint density at radius 3 is 1.02 bits per heavy atom. The first kappa shape index (κ1) is 22.6. The Morgan fingerprint density at radius 1 is 0.325 bits per heavy atom. The van der Waals surface area contributed by atoms with E-state index in [1.165, 1.54) is 60.1 Å². The third kappa shape index (κ3) is 3.49. The number of nitrogens with zero attached hydrogens (tertiary/aromatic N) is 3. The highest BCUT2D eigenvalue weighted by Crippen LogP contribution is 2.48. The molecule has 0 saturated heterocycles. The van der Waals surface area contributed by atoms with E-state index in [2.05, 4.69) is 99.9 Å². The van der Waals surface area contributed by atoms with E-state index in [0.717, 1.165) is 16.7 Å². The molecule has 0 spiro atoms. The maximum absolute atomic E-state index is 4.47. The summed E-state index contributed by atoms with van der Waals surface area (Å²) in [6.45, 7) is 0. The fourth-order valence-electron chi connectivity index (χ4n) is 6.13. The van der Waals surface area contributed by atoms with Gasteiger partial charge in [-0.2, -0.15) is 0 Å². The molecule has 0 unspecified atom stereocenters. The Hall–Kier alpha value is -5.41. The van der Waals surface area contributed by atoms with Crippen LogP contribution >= 0.6 is 0 Å². The van der Waals surface area contributed by atoms with Gasteiger partial charge in [0.2, 0.25) is 0 Å². The molecular formula is C37H23N3. The third-order valence-electron chi connectivity index (χ3n) is 7.90. The van der Waals surface area contributed by atoms with E-state index in [-0.39, 0.29) is 0 Å². The van der Waals surface area contributed by atoms with Crippen LogP contribution in [0.3, 0.4) is 0 Å². The van der Waals surface area contributed by atoms with Crippen LogP contribution in [-0.2, 0) is 0 Å². The molecule has 3 heterocycles. The fourth-order valence-corrected chi connectivity index (χ4v) is 6.13. The van der Waals surface area contributed by atoms with Gasteiger partial charge in [0.25, 0.3) is 0 Å². The number of hydrogen-bond acceptors (Lipinski definition) is 3. The van der Waals surface area contributed by atoms with Crippen LogP contribution in [0.25, 0.3) is 76.8 Å². The standard InChI is InChI=1S/C37H23N3/c1-2-7-24(8-3-1)32-19-33(25-9-4-16-38-21-25)29-14-15-31-35(27-11-6-18-40-23-27)20-34(26-10-5-17-39-22-26)30-13-12-28(32)36(29)37(30)31/h1-23H. The van der Waals surface area contributed by atoms with Crippen molar-refractivity contribution < 1.29 is 0 Å². The first-order valence-electron chi connectivity index (χ1n) is 13.4. The number of rotatable bonds is 4. The summed E-state index contributed by atoms with van der Waals surface area (Å²) in [5, 5.41) is 7.44. The fraction of sp³-hybridized carbons (Fsp3) is 0. The Balaban J connectivity index is 1.60. The van der Waals surface area contributed by atoms with Gasteiger partial charge in [0.05, 0.1) is 0 Å². The SMILES string of the molecule is c1ccc(-c2cc(-c3cccnc3)c3ccc4c(-c5cccnc5)cc(-c5cccnc5)c5ccc2c3c54)cc1. The van der Waals surface area contributed by atoms with Crippen molar-refractivity contribution in [2.45, 2.75) is 0 Å². The van der Waals surface area contributed by atoms with Gasteiger partial charge in [0.1, 0.15) is 0 Å². The van der Waals surface area contributed by atoms with E-state index in [1.54, 1.807) is 0 Å². The van der Waals surface area contributed by atoms with Crippen molar-refractivity contribution in [3.63, 3.8) is 0 Å². The van der Waals surface area contributed by atoms with Crippen molar-refractivity contribution in [2.75, 3.05) is 0 Å². The van der Waals surface area contributed by atoms with Crippen LogP contribution in [0, 0.1) is 0 Å². The highest BCUT2D eigenvalue weighted by atomic mass is 14.6. The quantitative estimate of drug-likeness (QED) is 0.222. The molecule has 0 saturated carbocycles. The lowest BCUT2D eigenvalue weighted by molar-refractivity contribution is 1.33. The zero-order chi connectivity index (χ0) is 26.5. The van der Waals surface area contributed by atoms with E-state index < -0.39 is 0 Å². The smallest absolute Gasteiger partial charge is 0.0346 e. The molecule has 0 N–H and O–H groups in total. The van der Waals surface area contributed by atoms with Crippen LogP contribution in [0.4, 0.5) is 0 Å². The van der Waals surface area contributed by atoms with Gasteiger partial charge < -0.3 is 0 Å². The van der Waals surface area contributed by atoms with Crippen molar-refractivity contribution in [1.82, 2.24) is 15.0 Å². The number of benzene rings is 5. The molecule has 0 fully saturated rings. The van der Waals surface area contributed by atoms with Crippen LogP contribution in [-0.4, -0.2) is 15.0 Å². The molecule has 8 aromatic rings. The molecule has 3 nitrogen and oxygen atoms in total. The maximum Gasteiger partial charge on any atom is 0.0346 e. The molecule has 0 amide bonds. The highest BCUT2D eigenvalue weighted by molar-refractivity contribution is 6.31. The Labute approximate surface area is 231 Å². The van der Waals surface area contributed by atoms with Gasteiger partial charge in [-0.3, -0.25) is 15.0 Å². The summed E-state index contributed by atoms with van der Waals surface area (Å²) in [7, 11) is 0. The predicted molar refractivity (Wildman–Crippen MR) is 165 cm³/mol. The zero-order valence-corrected chi connectivity index (χ0v) is 21.6. The minimum atomic E-state index is 1.10. The summed E-state index contributed by atoms with van der Waals surface area (Å²) in [6, 6.07) is 36.9.